The molecule has 3 nitrogen and oxygen atoms in total. The van der Waals surface area contributed by atoms with Crippen molar-refractivity contribution in [3.8, 4) is 0 Å². The molecule has 1 fully saturated rings. The maximum atomic E-state index is 5.84. The Labute approximate surface area is 113 Å². The van der Waals surface area contributed by atoms with Crippen LogP contribution in [0.5, 0.6) is 0 Å². The zero-order valence-electron chi connectivity index (χ0n) is 10.7. The molecule has 0 aromatic heterocycles. The van der Waals surface area contributed by atoms with Crippen LogP contribution < -0.4 is 0 Å². The average molecular weight is 280 g/mol. The molecule has 0 bridgehead atoms. The van der Waals surface area contributed by atoms with E-state index in [0.29, 0.717) is 6.10 Å². The predicted octanol–water partition coefficient (Wildman–Crippen LogP) is 2.29. The van der Waals surface area contributed by atoms with Gasteiger partial charge in [0.05, 0.1) is 39.1 Å². The number of thioether (sulfide) groups is 2. The van der Waals surface area contributed by atoms with Crippen LogP contribution in [0.4, 0.5) is 0 Å². The molecule has 1 unspecified atom stereocenters. The fourth-order valence-electron chi connectivity index (χ4n) is 1.43. The number of ether oxygens (including phenoxy) is 3. The van der Waals surface area contributed by atoms with Crippen LogP contribution in [0.2, 0.25) is 0 Å². The third kappa shape index (κ3) is 9.19. The highest BCUT2D eigenvalue weighted by Crippen LogP contribution is 2.10. The second-order valence-corrected chi connectivity index (χ2v) is 6.19. The zero-order chi connectivity index (χ0) is 12.2. The maximum Gasteiger partial charge on any atom is 0.0700 e. The van der Waals surface area contributed by atoms with Crippen molar-refractivity contribution in [1.29, 1.82) is 0 Å². The first-order chi connectivity index (χ1) is 8.43. The summed E-state index contributed by atoms with van der Waals surface area (Å²) in [6.07, 6.45) is 1.50. The second kappa shape index (κ2) is 11.7. The smallest absolute Gasteiger partial charge is 0.0700 e. The van der Waals surface area contributed by atoms with E-state index in [1.807, 2.05) is 23.5 Å². The average Bonchev–Trinajstić information content (AvgIpc) is 2.36. The molecule has 0 radical (unpaired) electrons. The standard InChI is InChI=1S/C12H24O3S2/c1-2-12-11-17-9-6-14-4-3-13-5-8-16-10-7-15-12/h12H,2-11H2,1H3. The molecule has 0 saturated carbocycles. The molecule has 102 valence electrons. The van der Waals surface area contributed by atoms with Gasteiger partial charge in [-0.25, -0.2) is 0 Å². The minimum absolute atomic E-state index is 0.405. The van der Waals surface area contributed by atoms with E-state index in [0.717, 1.165) is 62.5 Å². The van der Waals surface area contributed by atoms with Gasteiger partial charge in [-0.15, -0.1) is 0 Å². The summed E-state index contributed by atoms with van der Waals surface area (Å²) in [6, 6.07) is 0. The van der Waals surface area contributed by atoms with Crippen LogP contribution in [0.3, 0.4) is 0 Å². The molecule has 0 spiro atoms. The largest absolute Gasteiger partial charge is 0.378 e. The first-order valence-electron chi connectivity index (χ1n) is 6.36. The van der Waals surface area contributed by atoms with Gasteiger partial charge in [-0.2, -0.15) is 23.5 Å². The van der Waals surface area contributed by atoms with E-state index in [9.17, 15) is 0 Å². The predicted molar refractivity (Wildman–Crippen MR) is 76.3 cm³/mol. The second-order valence-electron chi connectivity index (χ2n) is 3.81. The quantitative estimate of drug-likeness (QED) is 0.735. The number of hydrogen-bond donors (Lipinski definition) is 0. The Morgan fingerprint density at radius 1 is 0.882 bits per heavy atom. The topological polar surface area (TPSA) is 27.7 Å². The summed E-state index contributed by atoms with van der Waals surface area (Å²) in [5, 5.41) is 0. The van der Waals surface area contributed by atoms with Crippen LogP contribution in [0, 0.1) is 0 Å². The zero-order valence-corrected chi connectivity index (χ0v) is 12.3. The van der Waals surface area contributed by atoms with Gasteiger partial charge in [0.2, 0.25) is 0 Å². The van der Waals surface area contributed by atoms with Gasteiger partial charge in [0.25, 0.3) is 0 Å². The molecule has 1 rings (SSSR count). The SMILES string of the molecule is CCC1CSCCOCCOCCSCCO1. The minimum atomic E-state index is 0.405. The monoisotopic (exact) mass is 280 g/mol. The number of rotatable bonds is 1. The van der Waals surface area contributed by atoms with Gasteiger partial charge in [-0.1, -0.05) is 6.92 Å². The van der Waals surface area contributed by atoms with Crippen LogP contribution in [-0.2, 0) is 14.2 Å². The van der Waals surface area contributed by atoms with Crippen molar-refractivity contribution in [1.82, 2.24) is 0 Å². The molecule has 1 aliphatic heterocycles. The molecule has 1 aliphatic rings. The van der Waals surface area contributed by atoms with Gasteiger partial charge >= 0.3 is 0 Å². The van der Waals surface area contributed by atoms with Gasteiger partial charge in [0.1, 0.15) is 0 Å². The summed E-state index contributed by atoms with van der Waals surface area (Å²) >= 11 is 3.82. The lowest BCUT2D eigenvalue weighted by Gasteiger charge is -2.15. The lowest BCUT2D eigenvalue weighted by Crippen LogP contribution is -2.17. The van der Waals surface area contributed by atoms with Crippen molar-refractivity contribution in [3.05, 3.63) is 0 Å². The van der Waals surface area contributed by atoms with Crippen molar-refractivity contribution >= 4 is 23.5 Å². The van der Waals surface area contributed by atoms with Crippen LogP contribution in [0.15, 0.2) is 0 Å². The third-order valence-electron chi connectivity index (χ3n) is 2.46. The summed E-state index contributed by atoms with van der Waals surface area (Å²) in [5.74, 6) is 4.26. The van der Waals surface area contributed by atoms with Crippen molar-refractivity contribution in [2.24, 2.45) is 0 Å². The van der Waals surface area contributed by atoms with E-state index in [1.54, 1.807) is 0 Å². The van der Waals surface area contributed by atoms with Gasteiger partial charge in [-0.3, -0.25) is 0 Å². The van der Waals surface area contributed by atoms with Gasteiger partial charge in [-0.05, 0) is 6.42 Å². The molecule has 1 heterocycles. The van der Waals surface area contributed by atoms with Crippen molar-refractivity contribution in [2.75, 3.05) is 56.0 Å². The Hall–Kier alpha value is 0.580. The number of hydrogen-bond acceptors (Lipinski definition) is 5. The van der Waals surface area contributed by atoms with Crippen molar-refractivity contribution in [3.63, 3.8) is 0 Å². The fraction of sp³-hybridized carbons (Fsp3) is 1.00. The molecule has 0 aromatic carbocycles. The lowest BCUT2D eigenvalue weighted by molar-refractivity contribution is 0.0605. The molecule has 0 aliphatic carbocycles. The van der Waals surface area contributed by atoms with E-state index in [-0.39, 0.29) is 0 Å². The molecule has 0 N–H and O–H groups in total. The maximum absolute atomic E-state index is 5.84. The molecule has 1 saturated heterocycles. The first-order valence-corrected chi connectivity index (χ1v) is 8.67. The minimum Gasteiger partial charge on any atom is -0.378 e. The normalized spacial score (nSPS) is 27.0. The Morgan fingerprint density at radius 2 is 1.53 bits per heavy atom. The summed E-state index contributed by atoms with van der Waals surface area (Å²) < 4.78 is 16.8. The summed E-state index contributed by atoms with van der Waals surface area (Å²) in [4.78, 5) is 0. The Balaban J connectivity index is 2.16. The molecule has 0 aromatic rings. The summed E-state index contributed by atoms with van der Waals surface area (Å²) in [7, 11) is 0. The Morgan fingerprint density at radius 3 is 2.24 bits per heavy atom. The fourth-order valence-corrected chi connectivity index (χ4v) is 3.08. The summed E-state index contributed by atoms with van der Waals surface area (Å²) in [5.41, 5.74) is 0. The Bertz CT molecular complexity index is 154. The first kappa shape index (κ1) is 15.6. The van der Waals surface area contributed by atoms with Crippen LogP contribution in [0.1, 0.15) is 13.3 Å². The van der Waals surface area contributed by atoms with Gasteiger partial charge < -0.3 is 14.2 Å². The van der Waals surface area contributed by atoms with Crippen LogP contribution >= 0.6 is 23.5 Å². The lowest BCUT2D eigenvalue weighted by atomic mass is 10.3. The third-order valence-corrected chi connectivity index (χ3v) is 4.43. The highest BCUT2D eigenvalue weighted by molar-refractivity contribution is 7.99. The van der Waals surface area contributed by atoms with Gasteiger partial charge in [0, 0.05) is 23.0 Å². The highest BCUT2D eigenvalue weighted by Gasteiger charge is 2.06. The molecule has 5 heteroatoms. The molecular formula is C12H24O3S2. The highest BCUT2D eigenvalue weighted by atomic mass is 32.2. The van der Waals surface area contributed by atoms with Crippen molar-refractivity contribution in [2.45, 2.75) is 19.4 Å². The van der Waals surface area contributed by atoms with E-state index in [4.69, 9.17) is 14.2 Å². The van der Waals surface area contributed by atoms with Crippen LogP contribution in [-0.4, -0.2) is 62.1 Å². The Kier molecular flexibility index (Phi) is 10.7. The molecular weight excluding hydrogens is 256 g/mol. The molecule has 1 atom stereocenters. The van der Waals surface area contributed by atoms with E-state index >= 15 is 0 Å². The van der Waals surface area contributed by atoms with Crippen molar-refractivity contribution < 1.29 is 14.2 Å². The molecule has 0 amide bonds. The van der Waals surface area contributed by atoms with Gasteiger partial charge in [0.15, 0.2) is 0 Å². The van der Waals surface area contributed by atoms with E-state index < -0.39 is 0 Å². The van der Waals surface area contributed by atoms with E-state index in [2.05, 4.69) is 6.92 Å². The van der Waals surface area contributed by atoms with Crippen LogP contribution in [0.25, 0.3) is 0 Å². The van der Waals surface area contributed by atoms with E-state index in [1.165, 1.54) is 0 Å². The molecule has 17 heavy (non-hydrogen) atoms. The summed E-state index contributed by atoms with van der Waals surface area (Å²) in [6.45, 7) is 6.13.